The zero-order valence-corrected chi connectivity index (χ0v) is 22.9. The number of nitrogens with zero attached hydrogens (tertiary/aromatic N) is 2. The third kappa shape index (κ3) is 7.77. The highest BCUT2D eigenvalue weighted by atomic mass is 19.4. The number of aryl methyl sites for hydroxylation is 1. The van der Waals surface area contributed by atoms with Crippen molar-refractivity contribution in [1.29, 1.82) is 0 Å². The van der Waals surface area contributed by atoms with Crippen LogP contribution < -0.4 is 9.64 Å². The summed E-state index contributed by atoms with van der Waals surface area (Å²) in [6, 6.07) is 10.3. The van der Waals surface area contributed by atoms with Crippen molar-refractivity contribution in [2.24, 2.45) is 0 Å². The minimum Gasteiger partial charge on any atom is -0.476 e. The van der Waals surface area contributed by atoms with Gasteiger partial charge in [0.15, 0.2) is 5.60 Å². The normalized spacial score (nSPS) is 12.2. The highest BCUT2D eigenvalue weighted by Crippen LogP contribution is 2.36. The Balaban J connectivity index is 1.84. The number of hydrogen-bond donors (Lipinski definition) is 0. The van der Waals surface area contributed by atoms with E-state index in [4.69, 9.17) is 9.47 Å². The van der Waals surface area contributed by atoms with Gasteiger partial charge in [0.2, 0.25) is 5.91 Å². The standard InChI is InChI=1S/C29H28F6N2O4/c1-6-40-26(39)27(3,4)41-23-15-21(29(33,34)35)14-22(16-23)37(5)25(38)13-19-9-12-24(36-17(19)2)18-7-10-20(11-8-18)28(30,31)32/h7-12,14-16H,6,13H2,1-5H3. The van der Waals surface area contributed by atoms with Gasteiger partial charge >= 0.3 is 18.3 Å². The lowest BCUT2D eigenvalue weighted by Gasteiger charge is -2.26. The second-order valence-electron chi connectivity index (χ2n) is 9.69. The molecule has 0 radical (unpaired) electrons. The Bertz CT molecular complexity index is 1420. The number of hydrogen-bond acceptors (Lipinski definition) is 5. The minimum atomic E-state index is -4.76. The number of rotatable bonds is 8. The lowest BCUT2D eigenvalue weighted by Crippen LogP contribution is -2.39. The van der Waals surface area contributed by atoms with E-state index in [1.54, 1.807) is 26.0 Å². The monoisotopic (exact) mass is 582 g/mol. The maximum Gasteiger partial charge on any atom is 0.416 e. The number of carbonyl (C=O) groups excluding carboxylic acids is 2. The molecular formula is C29H28F6N2O4. The van der Waals surface area contributed by atoms with Crippen LogP contribution in [0.2, 0.25) is 0 Å². The molecule has 0 saturated heterocycles. The van der Waals surface area contributed by atoms with E-state index < -0.39 is 41.0 Å². The van der Waals surface area contributed by atoms with Crippen LogP contribution in [0.1, 0.15) is 43.2 Å². The Kier molecular flexibility index (Phi) is 9.04. The van der Waals surface area contributed by atoms with Crippen molar-refractivity contribution in [3.05, 3.63) is 77.0 Å². The fraction of sp³-hybridized carbons (Fsp3) is 0.345. The molecule has 0 N–H and O–H groups in total. The smallest absolute Gasteiger partial charge is 0.416 e. The molecule has 0 spiro atoms. The number of pyridine rings is 1. The first kappa shape index (κ1) is 31.4. The van der Waals surface area contributed by atoms with Gasteiger partial charge in [-0.1, -0.05) is 18.2 Å². The van der Waals surface area contributed by atoms with Crippen molar-refractivity contribution in [2.45, 2.75) is 52.1 Å². The number of ether oxygens (including phenoxy) is 2. The molecule has 6 nitrogen and oxygen atoms in total. The number of likely N-dealkylation sites (N-methyl/N-ethyl adjacent to an activating group) is 1. The zero-order chi connectivity index (χ0) is 30.8. The van der Waals surface area contributed by atoms with Crippen LogP contribution in [-0.2, 0) is 33.1 Å². The van der Waals surface area contributed by atoms with Crippen molar-refractivity contribution < 1.29 is 45.4 Å². The van der Waals surface area contributed by atoms with E-state index >= 15 is 0 Å². The highest BCUT2D eigenvalue weighted by Gasteiger charge is 2.35. The van der Waals surface area contributed by atoms with Gasteiger partial charge in [0.05, 0.1) is 29.8 Å². The Hall–Kier alpha value is -4.09. The van der Waals surface area contributed by atoms with Gasteiger partial charge in [0.1, 0.15) is 5.75 Å². The summed E-state index contributed by atoms with van der Waals surface area (Å²) in [7, 11) is 1.30. The van der Waals surface area contributed by atoms with Gasteiger partial charge in [-0.3, -0.25) is 9.78 Å². The van der Waals surface area contributed by atoms with E-state index in [-0.39, 0.29) is 24.5 Å². The fourth-order valence-corrected chi connectivity index (χ4v) is 3.83. The van der Waals surface area contributed by atoms with Crippen molar-refractivity contribution in [1.82, 2.24) is 4.98 Å². The second-order valence-corrected chi connectivity index (χ2v) is 9.69. The molecule has 0 atom stereocenters. The predicted molar refractivity (Wildman–Crippen MR) is 139 cm³/mol. The molecule has 0 aliphatic carbocycles. The van der Waals surface area contributed by atoms with Gasteiger partial charge in [0.25, 0.3) is 0 Å². The summed E-state index contributed by atoms with van der Waals surface area (Å²) >= 11 is 0. The Labute approximate surface area is 232 Å². The van der Waals surface area contributed by atoms with E-state index in [9.17, 15) is 35.9 Å². The molecule has 3 rings (SSSR count). The van der Waals surface area contributed by atoms with Gasteiger partial charge in [-0.25, -0.2) is 4.79 Å². The third-order valence-corrected chi connectivity index (χ3v) is 6.16. The first-order chi connectivity index (χ1) is 18.9. The summed E-state index contributed by atoms with van der Waals surface area (Å²) in [5.74, 6) is -1.62. The Morgan fingerprint density at radius 3 is 2.02 bits per heavy atom. The molecular weight excluding hydrogens is 554 g/mol. The van der Waals surface area contributed by atoms with Gasteiger partial charge < -0.3 is 14.4 Å². The molecule has 0 fully saturated rings. The minimum absolute atomic E-state index is 0.0519. The summed E-state index contributed by atoms with van der Waals surface area (Å²) in [4.78, 5) is 30.7. The molecule has 2 aromatic carbocycles. The van der Waals surface area contributed by atoms with Crippen LogP contribution in [0.3, 0.4) is 0 Å². The van der Waals surface area contributed by atoms with Crippen LogP contribution in [0, 0.1) is 6.92 Å². The van der Waals surface area contributed by atoms with Crippen LogP contribution in [0.25, 0.3) is 11.3 Å². The first-order valence-corrected chi connectivity index (χ1v) is 12.4. The number of carbonyl (C=O) groups is 2. The zero-order valence-electron chi connectivity index (χ0n) is 22.9. The molecule has 1 amide bonds. The summed E-state index contributed by atoms with van der Waals surface area (Å²) in [6.07, 6.45) is -9.45. The van der Waals surface area contributed by atoms with Gasteiger partial charge in [-0.05, 0) is 63.6 Å². The summed E-state index contributed by atoms with van der Waals surface area (Å²) in [5, 5.41) is 0. The van der Waals surface area contributed by atoms with Crippen LogP contribution in [-0.4, -0.2) is 36.1 Å². The number of benzene rings is 2. The van der Waals surface area contributed by atoms with Crippen molar-refractivity contribution in [3.63, 3.8) is 0 Å². The second kappa shape index (κ2) is 11.8. The predicted octanol–water partition coefficient (Wildman–Crippen LogP) is 7.02. The number of esters is 1. The molecule has 220 valence electrons. The summed E-state index contributed by atoms with van der Waals surface area (Å²) in [5.41, 5.74) is -1.86. The first-order valence-electron chi connectivity index (χ1n) is 12.4. The van der Waals surface area contributed by atoms with E-state index in [1.807, 2.05) is 0 Å². The van der Waals surface area contributed by atoms with Crippen molar-refractivity contribution in [2.75, 3.05) is 18.6 Å². The average Bonchev–Trinajstić information content (AvgIpc) is 2.88. The quantitative estimate of drug-likeness (QED) is 0.211. The third-order valence-electron chi connectivity index (χ3n) is 6.16. The van der Waals surface area contributed by atoms with Crippen LogP contribution >= 0.6 is 0 Å². The van der Waals surface area contributed by atoms with Crippen LogP contribution in [0.5, 0.6) is 5.75 Å². The maximum atomic E-state index is 13.7. The molecule has 1 aromatic heterocycles. The Morgan fingerprint density at radius 2 is 1.49 bits per heavy atom. The molecule has 3 aromatic rings. The molecule has 41 heavy (non-hydrogen) atoms. The van der Waals surface area contributed by atoms with Crippen molar-refractivity contribution >= 4 is 17.6 Å². The summed E-state index contributed by atoms with van der Waals surface area (Å²) in [6.45, 7) is 5.95. The topological polar surface area (TPSA) is 68.7 Å². The molecule has 0 saturated carbocycles. The number of anilines is 1. The van der Waals surface area contributed by atoms with Gasteiger partial charge in [-0.2, -0.15) is 26.3 Å². The molecule has 0 bridgehead atoms. The molecule has 0 aliphatic rings. The highest BCUT2D eigenvalue weighted by molar-refractivity contribution is 5.94. The number of halogens is 6. The van der Waals surface area contributed by atoms with Crippen LogP contribution in [0.4, 0.5) is 32.0 Å². The Morgan fingerprint density at radius 1 is 0.878 bits per heavy atom. The maximum absolute atomic E-state index is 13.7. The molecule has 0 unspecified atom stereocenters. The lowest BCUT2D eigenvalue weighted by molar-refractivity contribution is -0.158. The summed E-state index contributed by atoms with van der Waals surface area (Å²) < 4.78 is 90.0. The number of alkyl halides is 6. The molecule has 0 aliphatic heterocycles. The molecule has 1 heterocycles. The van der Waals surface area contributed by atoms with Gasteiger partial charge in [0, 0.05) is 30.1 Å². The van der Waals surface area contributed by atoms with E-state index in [0.29, 0.717) is 22.5 Å². The van der Waals surface area contributed by atoms with E-state index in [2.05, 4.69) is 4.98 Å². The number of amides is 1. The van der Waals surface area contributed by atoms with Crippen LogP contribution in [0.15, 0.2) is 54.6 Å². The average molecular weight is 583 g/mol. The van der Waals surface area contributed by atoms with Gasteiger partial charge in [-0.15, -0.1) is 0 Å². The van der Waals surface area contributed by atoms with E-state index in [0.717, 1.165) is 29.2 Å². The fourth-order valence-electron chi connectivity index (χ4n) is 3.83. The SMILES string of the molecule is CCOC(=O)C(C)(C)Oc1cc(N(C)C(=O)Cc2ccc(-c3ccc(C(F)(F)F)cc3)nc2C)cc(C(F)(F)F)c1. The van der Waals surface area contributed by atoms with E-state index in [1.165, 1.54) is 39.1 Å². The lowest BCUT2D eigenvalue weighted by atomic mass is 10.0. The van der Waals surface area contributed by atoms with Crippen molar-refractivity contribution in [3.8, 4) is 17.0 Å². The largest absolute Gasteiger partial charge is 0.476 e. The molecule has 12 heteroatoms. The number of aromatic nitrogens is 1.